The van der Waals surface area contributed by atoms with Crippen LogP contribution in [-0.4, -0.2) is 31.5 Å². The Morgan fingerprint density at radius 2 is 1.74 bits per heavy atom. The van der Waals surface area contributed by atoms with E-state index in [1.54, 1.807) is 19.2 Å². The molecule has 0 radical (unpaired) electrons. The second-order valence-electron chi connectivity index (χ2n) is 9.09. The number of H-pyrrole nitrogens is 1. The number of allylic oxidation sites excluding steroid dienone is 2. The summed E-state index contributed by atoms with van der Waals surface area (Å²) in [5.74, 6) is 1.43. The smallest absolute Gasteiger partial charge is 0.263 e. The molecule has 4 aromatic rings. The number of nitrogens with one attached hydrogen (secondary N) is 1. The Labute approximate surface area is 204 Å². The highest BCUT2D eigenvalue weighted by atomic mass is 32.2. The number of rotatable bonds is 5. The summed E-state index contributed by atoms with van der Waals surface area (Å²) in [5.41, 5.74) is 6.02. The van der Waals surface area contributed by atoms with E-state index in [1.807, 2.05) is 49.4 Å². The lowest BCUT2D eigenvalue weighted by Gasteiger charge is -2.24. The van der Waals surface area contributed by atoms with Gasteiger partial charge in [-0.05, 0) is 66.8 Å². The van der Waals surface area contributed by atoms with Crippen molar-refractivity contribution in [2.75, 3.05) is 13.8 Å². The zero-order valence-corrected chi connectivity index (χ0v) is 20.4. The van der Waals surface area contributed by atoms with Crippen LogP contribution in [0.1, 0.15) is 35.4 Å². The third-order valence-electron chi connectivity index (χ3n) is 7.07. The third-order valence-corrected chi connectivity index (χ3v) is 8.88. The molecule has 1 aliphatic carbocycles. The van der Waals surface area contributed by atoms with Crippen LogP contribution in [-0.2, 0) is 10.0 Å². The van der Waals surface area contributed by atoms with Crippen LogP contribution in [0.15, 0.2) is 83.5 Å². The first-order valence-corrected chi connectivity index (χ1v) is 13.1. The Kier molecular flexibility index (Phi) is 5.11. The first kappa shape index (κ1) is 21.8. The van der Waals surface area contributed by atoms with Crippen molar-refractivity contribution in [1.29, 1.82) is 0 Å². The van der Waals surface area contributed by atoms with E-state index in [2.05, 4.69) is 23.3 Å². The molecular weight excluding hydrogens is 460 g/mol. The van der Waals surface area contributed by atoms with Crippen LogP contribution in [0.25, 0.3) is 16.5 Å². The minimum absolute atomic E-state index is 0.0391. The van der Waals surface area contributed by atoms with Crippen LogP contribution in [0, 0.1) is 6.92 Å². The highest BCUT2D eigenvalue weighted by molar-refractivity contribution is 7.89. The SMILES string of the molecule is Cc1ccc(S(=O)(=O)N(C)C2=C(c3ccc4c(c3)OCO4)[C@@H](c3c[nH]c4ccccc34)CC2)cc1. The Bertz CT molecular complexity index is 1570. The topological polar surface area (TPSA) is 71.6 Å². The molecule has 1 atom stereocenters. The molecule has 2 heterocycles. The van der Waals surface area contributed by atoms with Crippen LogP contribution in [0.2, 0.25) is 0 Å². The zero-order chi connectivity index (χ0) is 24.2. The molecule has 2 aliphatic rings. The van der Waals surface area contributed by atoms with Gasteiger partial charge in [-0.15, -0.1) is 0 Å². The maximum Gasteiger partial charge on any atom is 0.263 e. The lowest BCUT2D eigenvalue weighted by Crippen LogP contribution is -2.26. The van der Waals surface area contributed by atoms with Gasteiger partial charge in [-0.2, -0.15) is 0 Å². The number of para-hydroxylation sites is 1. The standard InChI is InChI=1S/C28H26N2O4S/c1-18-7-10-20(11-8-18)35(31,32)30(2)25-13-12-22(23-16-29-24-6-4-3-5-21(23)24)28(25)19-9-14-26-27(15-19)34-17-33-26/h3-11,14-16,22,29H,12-13,17H2,1-2H3/t22-/m1/s1. The Morgan fingerprint density at radius 3 is 2.57 bits per heavy atom. The van der Waals surface area contributed by atoms with Gasteiger partial charge < -0.3 is 14.5 Å². The van der Waals surface area contributed by atoms with E-state index in [0.717, 1.165) is 39.7 Å². The lowest BCUT2D eigenvalue weighted by molar-refractivity contribution is 0.174. The van der Waals surface area contributed by atoms with Crippen LogP contribution in [0.3, 0.4) is 0 Å². The number of fused-ring (bicyclic) bond motifs is 2. The van der Waals surface area contributed by atoms with Gasteiger partial charge in [0.2, 0.25) is 6.79 Å². The average Bonchev–Trinajstić information content (AvgIpc) is 3.60. The zero-order valence-electron chi connectivity index (χ0n) is 19.6. The molecule has 6 rings (SSSR count). The largest absolute Gasteiger partial charge is 0.454 e. The molecule has 6 nitrogen and oxygen atoms in total. The molecule has 178 valence electrons. The Morgan fingerprint density at radius 1 is 0.971 bits per heavy atom. The van der Waals surface area contributed by atoms with Crippen molar-refractivity contribution in [3.63, 3.8) is 0 Å². The van der Waals surface area contributed by atoms with E-state index in [4.69, 9.17) is 9.47 Å². The average molecular weight is 487 g/mol. The van der Waals surface area contributed by atoms with Crippen LogP contribution < -0.4 is 9.47 Å². The summed E-state index contributed by atoms with van der Waals surface area (Å²) >= 11 is 0. The summed E-state index contributed by atoms with van der Waals surface area (Å²) in [4.78, 5) is 3.68. The molecule has 0 saturated carbocycles. The summed E-state index contributed by atoms with van der Waals surface area (Å²) in [5, 5.41) is 1.15. The van der Waals surface area contributed by atoms with Crippen molar-refractivity contribution < 1.29 is 17.9 Å². The molecule has 7 heteroatoms. The van der Waals surface area contributed by atoms with Crippen molar-refractivity contribution >= 4 is 26.5 Å². The molecular formula is C28H26N2O4S. The molecule has 3 aromatic carbocycles. The molecule has 1 aromatic heterocycles. The lowest BCUT2D eigenvalue weighted by atomic mass is 9.88. The molecule has 1 aliphatic heterocycles. The predicted molar refractivity (Wildman–Crippen MR) is 136 cm³/mol. The number of benzene rings is 3. The van der Waals surface area contributed by atoms with Gasteiger partial charge in [-0.3, -0.25) is 4.31 Å². The number of nitrogens with zero attached hydrogens (tertiary/aromatic N) is 1. The van der Waals surface area contributed by atoms with Crippen LogP contribution in [0.5, 0.6) is 11.5 Å². The summed E-state index contributed by atoms with van der Waals surface area (Å²) < 4.78 is 39.9. The van der Waals surface area contributed by atoms with E-state index in [-0.39, 0.29) is 12.7 Å². The quantitative estimate of drug-likeness (QED) is 0.386. The molecule has 0 saturated heterocycles. The number of ether oxygens (including phenoxy) is 2. The van der Waals surface area contributed by atoms with Crippen molar-refractivity contribution in [3.05, 3.63) is 95.3 Å². The van der Waals surface area contributed by atoms with E-state index in [0.29, 0.717) is 22.8 Å². The molecule has 0 spiro atoms. The van der Waals surface area contributed by atoms with Gasteiger partial charge >= 0.3 is 0 Å². The molecule has 0 bridgehead atoms. The van der Waals surface area contributed by atoms with Crippen LogP contribution >= 0.6 is 0 Å². The summed E-state index contributed by atoms with van der Waals surface area (Å²) in [7, 11) is -2.05. The van der Waals surface area contributed by atoms with E-state index >= 15 is 0 Å². The van der Waals surface area contributed by atoms with Crippen molar-refractivity contribution in [2.24, 2.45) is 0 Å². The normalized spacial score (nSPS) is 17.4. The molecule has 0 unspecified atom stereocenters. The molecule has 35 heavy (non-hydrogen) atoms. The van der Waals surface area contributed by atoms with Crippen molar-refractivity contribution in [1.82, 2.24) is 9.29 Å². The summed E-state index contributed by atoms with van der Waals surface area (Å²) in [6.45, 7) is 2.14. The second-order valence-corrected chi connectivity index (χ2v) is 11.1. The number of hydrogen-bond acceptors (Lipinski definition) is 4. The number of aromatic nitrogens is 1. The third kappa shape index (κ3) is 3.58. The maximum atomic E-state index is 13.6. The van der Waals surface area contributed by atoms with Gasteiger partial charge in [-0.1, -0.05) is 42.0 Å². The number of sulfonamides is 1. The molecule has 1 N–H and O–H groups in total. The highest BCUT2D eigenvalue weighted by Crippen LogP contribution is 2.50. The number of aromatic amines is 1. The van der Waals surface area contributed by atoms with E-state index < -0.39 is 10.0 Å². The van der Waals surface area contributed by atoms with Crippen molar-refractivity contribution in [2.45, 2.75) is 30.6 Å². The van der Waals surface area contributed by atoms with Gasteiger partial charge in [0, 0.05) is 35.8 Å². The Hall–Kier alpha value is -3.71. The fraction of sp³-hybridized carbons (Fsp3) is 0.214. The van der Waals surface area contributed by atoms with E-state index in [1.165, 1.54) is 9.87 Å². The number of aryl methyl sites for hydroxylation is 1. The van der Waals surface area contributed by atoms with Crippen molar-refractivity contribution in [3.8, 4) is 11.5 Å². The minimum atomic E-state index is -3.71. The second kappa shape index (κ2) is 8.20. The van der Waals surface area contributed by atoms with Gasteiger partial charge in [0.1, 0.15) is 0 Å². The minimum Gasteiger partial charge on any atom is -0.454 e. The van der Waals surface area contributed by atoms with Crippen LogP contribution in [0.4, 0.5) is 0 Å². The highest BCUT2D eigenvalue weighted by Gasteiger charge is 2.35. The Balaban J connectivity index is 1.52. The summed E-state index contributed by atoms with van der Waals surface area (Å²) in [6.07, 6.45) is 3.52. The first-order valence-electron chi connectivity index (χ1n) is 11.7. The van der Waals surface area contributed by atoms with Gasteiger partial charge in [0.05, 0.1) is 4.90 Å². The molecule has 0 amide bonds. The van der Waals surface area contributed by atoms with Gasteiger partial charge in [-0.25, -0.2) is 8.42 Å². The number of hydrogen-bond donors (Lipinski definition) is 1. The maximum absolute atomic E-state index is 13.6. The summed E-state index contributed by atoms with van der Waals surface area (Å²) in [6, 6.07) is 21.1. The van der Waals surface area contributed by atoms with E-state index in [9.17, 15) is 8.42 Å². The monoisotopic (exact) mass is 486 g/mol. The first-order chi connectivity index (χ1) is 16.9. The fourth-order valence-electron chi connectivity index (χ4n) is 5.23. The van der Waals surface area contributed by atoms with Gasteiger partial charge in [0.15, 0.2) is 11.5 Å². The molecule has 0 fully saturated rings. The van der Waals surface area contributed by atoms with Gasteiger partial charge in [0.25, 0.3) is 10.0 Å². The fourth-order valence-corrected chi connectivity index (χ4v) is 6.50. The predicted octanol–water partition coefficient (Wildman–Crippen LogP) is 5.81.